The van der Waals surface area contributed by atoms with Gasteiger partial charge in [0.25, 0.3) is 0 Å². The van der Waals surface area contributed by atoms with Crippen LogP contribution in [-0.2, 0) is 6.42 Å². The summed E-state index contributed by atoms with van der Waals surface area (Å²) >= 11 is 1.45. The smallest absolute Gasteiger partial charge is 0.211 e. The first-order valence-electron chi connectivity index (χ1n) is 8.51. The second-order valence-corrected chi connectivity index (χ2v) is 6.96. The van der Waals surface area contributed by atoms with Crippen molar-refractivity contribution in [3.05, 3.63) is 59.5 Å². The molecule has 0 aliphatic carbocycles. The third kappa shape index (κ3) is 4.00. The van der Waals surface area contributed by atoms with Crippen LogP contribution in [0.5, 0.6) is 0 Å². The van der Waals surface area contributed by atoms with E-state index in [1.54, 1.807) is 11.7 Å². The average molecular weight is 352 g/mol. The zero-order valence-corrected chi connectivity index (χ0v) is 14.7. The molecule has 0 radical (unpaired) electrons. The Morgan fingerprint density at radius 2 is 2.12 bits per heavy atom. The molecule has 1 aromatic carbocycles. The molecule has 128 valence electrons. The van der Waals surface area contributed by atoms with E-state index in [2.05, 4.69) is 55.7 Å². The summed E-state index contributed by atoms with van der Waals surface area (Å²) in [4.78, 5) is 11.6. The summed E-state index contributed by atoms with van der Waals surface area (Å²) < 4.78 is 0. The summed E-state index contributed by atoms with van der Waals surface area (Å²) in [6.45, 7) is 2.16. The molecular formula is C18H20N6S. The van der Waals surface area contributed by atoms with E-state index in [1.165, 1.54) is 23.3 Å². The first-order valence-corrected chi connectivity index (χ1v) is 9.39. The van der Waals surface area contributed by atoms with Crippen LogP contribution in [0.4, 0.5) is 10.9 Å². The van der Waals surface area contributed by atoms with Gasteiger partial charge in [0.15, 0.2) is 5.82 Å². The molecule has 0 saturated carbocycles. The average Bonchev–Trinajstić information content (AvgIpc) is 3.33. The summed E-state index contributed by atoms with van der Waals surface area (Å²) in [5, 5.41) is 11.7. The lowest BCUT2D eigenvalue weighted by molar-refractivity contribution is 0.256. The SMILES string of the molecule is c1ccc(CCN2CCCC2c2cncc(Nc3nncs3)n2)cc1. The molecule has 3 aromatic rings. The van der Waals surface area contributed by atoms with Crippen molar-refractivity contribution in [3.8, 4) is 0 Å². The maximum Gasteiger partial charge on any atom is 0.211 e. The van der Waals surface area contributed by atoms with E-state index >= 15 is 0 Å². The Balaban J connectivity index is 1.44. The monoisotopic (exact) mass is 352 g/mol. The number of nitrogens with one attached hydrogen (secondary N) is 1. The lowest BCUT2D eigenvalue weighted by atomic mass is 10.1. The molecule has 1 atom stereocenters. The van der Waals surface area contributed by atoms with Gasteiger partial charge >= 0.3 is 0 Å². The van der Waals surface area contributed by atoms with Crippen LogP contribution in [0.3, 0.4) is 0 Å². The maximum absolute atomic E-state index is 4.76. The number of hydrogen-bond donors (Lipinski definition) is 1. The van der Waals surface area contributed by atoms with Gasteiger partial charge in [-0.25, -0.2) is 4.98 Å². The first kappa shape index (κ1) is 16.1. The zero-order chi connectivity index (χ0) is 16.9. The van der Waals surface area contributed by atoms with Crippen molar-refractivity contribution in [1.82, 2.24) is 25.1 Å². The fraction of sp³-hybridized carbons (Fsp3) is 0.333. The van der Waals surface area contributed by atoms with E-state index in [-0.39, 0.29) is 0 Å². The minimum atomic E-state index is 0.340. The minimum absolute atomic E-state index is 0.340. The van der Waals surface area contributed by atoms with Crippen molar-refractivity contribution in [3.63, 3.8) is 0 Å². The highest BCUT2D eigenvalue weighted by atomic mass is 32.1. The van der Waals surface area contributed by atoms with Crippen LogP contribution >= 0.6 is 11.3 Å². The number of hydrogen-bond acceptors (Lipinski definition) is 7. The molecule has 1 fully saturated rings. The molecule has 0 spiro atoms. The van der Waals surface area contributed by atoms with Gasteiger partial charge < -0.3 is 5.32 Å². The molecule has 1 aliphatic rings. The molecule has 0 bridgehead atoms. The normalized spacial score (nSPS) is 17.7. The molecule has 1 N–H and O–H groups in total. The first-order chi connectivity index (χ1) is 12.4. The van der Waals surface area contributed by atoms with E-state index in [0.29, 0.717) is 6.04 Å². The van der Waals surface area contributed by atoms with Crippen LogP contribution in [0.15, 0.2) is 48.2 Å². The minimum Gasteiger partial charge on any atom is -0.313 e. The third-order valence-corrected chi connectivity index (χ3v) is 5.09. The summed E-state index contributed by atoms with van der Waals surface area (Å²) in [6, 6.07) is 11.0. The number of aromatic nitrogens is 4. The highest BCUT2D eigenvalue weighted by molar-refractivity contribution is 7.13. The summed E-state index contributed by atoms with van der Waals surface area (Å²) in [7, 11) is 0. The number of rotatable bonds is 6. The summed E-state index contributed by atoms with van der Waals surface area (Å²) in [5.41, 5.74) is 4.10. The van der Waals surface area contributed by atoms with Crippen molar-refractivity contribution in [1.29, 1.82) is 0 Å². The maximum atomic E-state index is 4.76. The molecule has 1 saturated heterocycles. The van der Waals surface area contributed by atoms with Gasteiger partial charge in [-0.05, 0) is 31.4 Å². The van der Waals surface area contributed by atoms with Gasteiger partial charge in [0.1, 0.15) is 5.51 Å². The Kier molecular flexibility index (Phi) is 4.94. The molecule has 1 unspecified atom stereocenters. The zero-order valence-electron chi connectivity index (χ0n) is 13.9. The van der Waals surface area contributed by atoms with Gasteiger partial charge in [-0.2, -0.15) is 0 Å². The Morgan fingerprint density at radius 3 is 2.96 bits per heavy atom. The quantitative estimate of drug-likeness (QED) is 0.733. The Labute approximate surface area is 151 Å². The second-order valence-electron chi connectivity index (χ2n) is 6.13. The molecule has 25 heavy (non-hydrogen) atoms. The van der Waals surface area contributed by atoms with Crippen LogP contribution in [0.25, 0.3) is 0 Å². The third-order valence-electron chi connectivity index (χ3n) is 4.48. The van der Waals surface area contributed by atoms with Crippen molar-refractivity contribution < 1.29 is 0 Å². The molecule has 2 aromatic heterocycles. The predicted octanol–water partition coefficient (Wildman–Crippen LogP) is 3.45. The lowest BCUT2D eigenvalue weighted by Crippen LogP contribution is -2.26. The van der Waals surface area contributed by atoms with Gasteiger partial charge in [-0.15, -0.1) is 10.2 Å². The number of benzene rings is 1. The van der Waals surface area contributed by atoms with Gasteiger partial charge in [0, 0.05) is 6.54 Å². The molecule has 0 amide bonds. The fourth-order valence-corrected chi connectivity index (χ4v) is 3.74. The number of likely N-dealkylation sites (tertiary alicyclic amines) is 1. The predicted molar refractivity (Wildman–Crippen MR) is 98.9 cm³/mol. The summed E-state index contributed by atoms with van der Waals surface area (Å²) in [5.74, 6) is 0.726. The van der Waals surface area contributed by atoms with E-state index < -0.39 is 0 Å². The van der Waals surface area contributed by atoms with E-state index in [9.17, 15) is 0 Å². The number of anilines is 2. The van der Waals surface area contributed by atoms with Crippen molar-refractivity contribution in [2.45, 2.75) is 25.3 Å². The van der Waals surface area contributed by atoms with E-state index in [4.69, 9.17) is 4.98 Å². The van der Waals surface area contributed by atoms with Crippen molar-refractivity contribution >= 4 is 22.3 Å². The van der Waals surface area contributed by atoms with Gasteiger partial charge in [0.2, 0.25) is 5.13 Å². The van der Waals surface area contributed by atoms with Gasteiger partial charge in [-0.3, -0.25) is 9.88 Å². The van der Waals surface area contributed by atoms with Gasteiger partial charge in [-0.1, -0.05) is 41.7 Å². The largest absolute Gasteiger partial charge is 0.313 e. The van der Waals surface area contributed by atoms with Crippen LogP contribution in [0.2, 0.25) is 0 Å². The van der Waals surface area contributed by atoms with Gasteiger partial charge in [0.05, 0.1) is 24.1 Å². The fourth-order valence-electron chi connectivity index (χ4n) is 3.29. The number of nitrogens with zero attached hydrogens (tertiary/aromatic N) is 5. The van der Waals surface area contributed by atoms with E-state index in [0.717, 1.165) is 42.6 Å². The molecule has 7 heteroatoms. The molecule has 4 rings (SSSR count). The second kappa shape index (κ2) is 7.67. The van der Waals surface area contributed by atoms with Crippen molar-refractivity contribution in [2.75, 3.05) is 18.4 Å². The highest BCUT2D eigenvalue weighted by Crippen LogP contribution is 2.31. The molecule has 1 aliphatic heterocycles. The van der Waals surface area contributed by atoms with Crippen LogP contribution < -0.4 is 5.32 Å². The Bertz CT molecular complexity index is 792. The Morgan fingerprint density at radius 1 is 1.20 bits per heavy atom. The van der Waals surface area contributed by atoms with Crippen LogP contribution in [0.1, 0.15) is 30.1 Å². The molecule has 3 heterocycles. The standard InChI is InChI=1S/C18H20N6S/c1-2-5-14(6-3-1)8-10-24-9-4-7-16(24)15-11-19-12-17(21-15)22-18-23-20-13-25-18/h1-3,5-6,11-13,16H,4,7-10H2,(H,21,22,23). The van der Waals surface area contributed by atoms with Crippen LogP contribution in [0, 0.1) is 0 Å². The highest BCUT2D eigenvalue weighted by Gasteiger charge is 2.27. The topological polar surface area (TPSA) is 66.8 Å². The van der Waals surface area contributed by atoms with Crippen molar-refractivity contribution in [2.24, 2.45) is 0 Å². The van der Waals surface area contributed by atoms with E-state index in [1.807, 2.05) is 6.20 Å². The summed E-state index contributed by atoms with van der Waals surface area (Å²) in [6.07, 6.45) is 7.01. The molecule has 6 nitrogen and oxygen atoms in total. The Hall–Kier alpha value is -2.38. The lowest BCUT2D eigenvalue weighted by Gasteiger charge is -2.24. The molecular weight excluding hydrogens is 332 g/mol. The van der Waals surface area contributed by atoms with Crippen LogP contribution in [-0.4, -0.2) is 38.2 Å².